The molecule has 0 aliphatic rings. The second kappa shape index (κ2) is 6.18. The fourth-order valence-electron chi connectivity index (χ4n) is 1.53. The SMILES string of the molecule is CC(C)CC(NC(=O)OC(C)(C)C)c1n[nH]c(=S)o1. The van der Waals surface area contributed by atoms with Crippen LogP contribution in [-0.2, 0) is 4.74 Å². The summed E-state index contributed by atoms with van der Waals surface area (Å²) in [7, 11) is 0. The molecule has 6 nitrogen and oxygen atoms in total. The Hall–Kier alpha value is -1.37. The lowest BCUT2D eigenvalue weighted by Gasteiger charge is -2.22. The molecule has 1 heterocycles. The third kappa shape index (κ3) is 5.87. The van der Waals surface area contributed by atoms with Gasteiger partial charge in [0, 0.05) is 0 Å². The van der Waals surface area contributed by atoms with E-state index < -0.39 is 11.7 Å². The number of rotatable bonds is 4. The van der Waals surface area contributed by atoms with E-state index in [1.807, 2.05) is 34.6 Å². The van der Waals surface area contributed by atoms with Crippen molar-refractivity contribution in [1.82, 2.24) is 15.5 Å². The van der Waals surface area contributed by atoms with E-state index >= 15 is 0 Å². The molecule has 1 unspecified atom stereocenters. The van der Waals surface area contributed by atoms with Crippen LogP contribution in [-0.4, -0.2) is 21.9 Å². The number of carbonyl (C=O) groups excluding carboxylic acids is 1. The molecule has 1 aromatic heterocycles. The van der Waals surface area contributed by atoms with Gasteiger partial charge in [-0.05, 0) is 45.3 Å². The molecule has 0 saturated heterocycles. The van der Waals surface area contributed by atoms with E-state index in [0.29, 0.717) is 18.2 Å². The van der Waals surface area contributed by atoms with Crippen molar-refractivity contribution in [3.8, 4) is 0 Å². The largest absolute Gasteiger partial charge is 0.444 e. The molecule has 0 bridgehead atoms. The van der Waals surface area contributed by atoms with E-state index in [1.165, 1.54) is 0 Å². The van der Waals surface area contributed by atoms with Crippen LogP contribution in [0.1, 0.15) is 53.0 Å². The molecule has 0 spiro atoms. The molecule has 1 rings (SSSR count). The van der Waals surface area contributed by atoms with E-state index in [0.717, 1.165) is 0 Å². The van der Waals surface area contributed by atoms with Crippen LogP contribution < -0.4 is 5.32 Å². The van der Waals surface area contributed by atoms with E-state index in [2.05, 4.69) is 15.5 Å². The van der Waals surface area contributed by atoms with E-state index in [-0.39, 0.29) is 10.9 Å². The Morgan fingerprint density at radius 3 is 2.58 bits per heavy atom. The Balaban J connectivity index is 2.76. The Kier molecular flexibility index (Phi) is 5.11. The lowest BCUT2D eigenvalue weighted by Crippen LogP contribution is -2.35. The maximum atomic E-state index is 11.8. The number of aromatic nitrogens is 2. The summed E-state index contributed by atoms with van der Waals surface area (Å²) in [5, 5.41) is 9.25. The lowest BCUT2D eigenvalue weighted by atomic mass is 10.0. The number of hydrogen-bond donors (Lipinski definition) is 2. The number of nitrogens with one attached hydrogen (secondary N) is 2. The summed E-state index contributed by atoms with van der Waals surface area (Å²) >= 11 is 4.84. The first-order valence-electron chi connectivity index (χ1n) is 6.22. The third-order valence-corrected chi connectivity index (χ3v) is 2.33. The number of hydrogen-bond acceptors (Lipinski definition) is 5. The molecule has 0 aromatic carbocycles. The predicted molar refractivity (Wildman–Crippen MR) is 73.3 cm³/mol. The van der Waals surface area contributed by atoms with Crippen LogP contribution in [0.15, 0.2) is 4.42 Å². The van der Waals surface area contributed by atoms with Gasteiger partial charge in [0.2, 0.25) is 5.89 Å². The smallest absolute Gasteiger partial charge is 0.408 e. The van der Waals surface area contributed by atoms with Gasteiger partial charge in [0.05, 0.1) is 0 Å². The van der Waals surface area contributed by atoms with Gasteiger partial charge in [-0.3, -0.25) is 0 Å². The average molecular weight is 287 g/mol. The first kappa shape index (κ1) is 15.7. The van der Waals surface area contributed by atoms with Gasteiger partial charge in [-0.15, -0.1) is 5.10 Å². The fourth-order valence-corrected chi connectivity index (χ4v) is 1.66. The molecule has 0 fully saturated rings. The molecule has 0 aliphatic heterocycles. The van der Waals surface area contributed by atoms with Gasteiger partial charge in [0.1, 0.15) is 11.6 Å². The minimum atomic E-state index is -0.543. The van der Waals surface area contributed by atoms with Gasteiger partial charge in [-0.1, -0.05) is 13.8 Å². The van der Waals surface area contributed by atoms with Crippen LogP contribution in [0.5, 0.6) is 0 Å². The molecule has 108 valence electrons. The van der Waals surface area contributed by atoms with Crippen molar-refractivity contribution in [3.05, 3.63) is 10.7 Å². The van der Waals surface area contributed by atoms with Gasteiger partial charge in [-0.2, -0.15) is 0 Å². The topological polar surface area (TPSA) is 80.1 Å². The summed E-state index contributed by atoms with van der Waals surface area (Å²) in [5.41, 5.74) is -0.543. The molecule has 1 amide bonds. The highest BCUT2D eigenvalue weighted by Gasteiger charge is 2.24. The zero-order chi connectivity index (χ0) is 14.6. The van der Waals surface area contributed by atoms with Gasteiger partial charge in [0.15, 0.2) is 0 Å². The van der Waals surface area contributed by atoms with Crippen LogP contribution in [0, 0.1) is 10.8 Å². The molecule has 19 heavy (non-hydrogen) atoms. The molecule has 7 heteroatoms. The van der Waals surface area contributed by atoms with Crippen molar-refractivity contribution in [2.45, 2.75) is 52.7 Å². The zero-order valence-corrected chi connectivity index (χ0v) is 12.8. The van der Waals surface area contributed by atoms with Crippen LogP contribution in [0.3, 0.4) is 0 Å². The summed E-state index contributed by atoms with van der Waals surface area (Å²) in [6.45, 7) is 9.52. The van der Waals surface area contributed by atoms with Gasteiger partial charge < -0.3 is 14.5 Å². The second-order valence-electron chi connectivity index (χ2n) is 5.78. The Bertz CT molecular complexity index is 473. The second-order valence-corrected chi connectivity index (χ2v) is 6.15. The maximum Gasteiger partial charge on any atom is 0.408 e. The van der Waals surface area contributed by atoms with Gasteiger partial charge in [0.25, 0.3) is 4.84 Å². The maximum absolute atomic E-state index is 11.8. The summed E-state index contributed by atoms with van der Waals surface area (Å²) < 4.78 is 10.5. The average Bonchev–Trinajstić information content (AvgIpc) is 2.60. The fraction of sp³-hybridized carbons (Fsp3) is 0.750. The number of amides is 1. The predicted octanol–water partition coefficient (Wildman–Crippen LogP) is 3.34. The number of aromatic amines is 1. The van der Waals surface area contributed by atoms with Crippen molar-refractivity contribution in [2.75, 3.05) is 0 Å². The van der Waals surface area contributed by atoms with E-state index in [1.54, 1.807) is 0 Å². The summed E-state index contributed by atoms with van der Waals surface area (Å²) in [6, 6.07) is -0.359. The highest BCUT2D eigenvalue weighted by molar-refractivity contribution is 7.71. The summed E-state index contributed by atoms with van der Waals surface area (Å²) in [4.78, 5) is 12.0. The number of nitrogens with zero attached hydrogens (tertiary/aromatic N) is 1. The summed E-state index contributed by atoms with van der Waals surface area (Å²) in [5.74, 6) is 0.727. The highest BCUT2D eigenvalue weighted by atomic mass is 32.1. The van der Waals surface area contributed by atoms with Gasteiger partial charge in [-0.25, -0.2) is 9.89 Å². The molecular formula is C12H21N3O3S. The van der Waals surface area contributed by atoms with Crippen LogP contribution >= 0.6 is 12.2 Å². The van der Waals surface area contributed by atoms with Crippen LogP contribution in [0.25, 0.3) is 0 Å². The van der Waals surface area contributed by atoms with E-state index in [9.17, 15) is 4.79 Å². The number of alkyl carbamates (subject to hydrolysis) is 1. The van der Waals surface area contributed by atoms with Crippen molar-refractivity contribution >= 4 is 18.3 Å². The first-order valence-corrected chi connectivity index (χ1v) is 6.63. The standard InChI is InChI=1S/C12H21N3O3S/c1-7(2)6-8(9-14-15-11(19)17-9)13-10(16)18-12(3,4)5/h7-8H,6H2,1-5H3,(H,13,16)(H,15,19). The zero-order valence-electron chi connectivity index (χ0n) is 11.9. The first-order chi connectivity index (χ1) is 8.67. The highest BCUT2D eigenvalue weighted by Crippen LogP contribution is 2.20. The molecular weight excluding hydrogens is 266 g/mol. The monoisotopic (exact) mass is 287 g/mol. The Labute approximate surface area is 117 Å². The Morgan fingerprint density at radius 2 is 2.16 bits per heavy atom. The third-order valence-electron chi connectivity index (χ3n) is 2.15. The normalized spacial score (nSPS) is 13.4. The van der Waals surface area contributed by atoms with E-state index in [4.69, 9.17) is 21.4 Å². The van der Waals surface area contributed by atoms with Gasteiger partial charge >= 0.3 is 6.09 Å². The molecule has 1 atom stereocenters. The van der Waals surface area contributed by atoms with Crippen molar-refractivity contribution in [1.29, 1.82) is 0 Å². The number of ether oxygens (including phenoxy) is 1. The minimum absolute atomic E-state index is 0.190. The summed E-state index contributed by atoms with van der Waals surface area (Å²) in [6.07, 6.45) is 0.185. The molecule has 0 saturated carbocycles. The number of carbonyl (C=O) groups is 1. The quantitative estimate of drug-likeness (QED) is 0.830. The lowest BCUT2D eigenvalue weighted by molar-refractivity contribution is 0.0488. The molecule has 2 N–H and O–H groups in total. The molecule has 0 aliphatic carbocycles. The minimum Gasteiger partial charge on any atom is -0.444 e. The van der Waals surface area contributed by atoms with Crippen LogP contribution in [0.4, 0.5) is 4.79 Å². The van der Waals surface area contributed by atoms with Crippen molar-refractivity contribution < 1.29 is 13.9 Å². The molecule has 0 radical (unpaired) electrons. The number of H-pyrrole nitrogens is 1. The Morgan fingerprint density at radius 1 is 1.53 bits per heavy atom. The van der Waals surface area contributed by atoms with Crippen molar-refractivity contribution in [3.63, 3.8) is 0 Å². The molecule has 1 aromatic rings. The van der Waals surface area contributed by atoms with Crippen LogP contribution in [0.2, 0.25) is 0 Å². The van der Waals surface area contributed by atoms with Crippen molar-refractivity contribution in [2.24, 2.45) is 5.92 Å².